The molecule has 0 spiro atoms. The van der Waals surface area contributed by atoms with Gasteiger partial charge in [-0.3, -0.25) is 4.57 Å². The molecule has 3 aliphatic rings. The lowest BCUT2D eigenvalue weighted by Crippen LogP contribution is -2.58. The summed E-state index contributed by atoms with van der Waals surface area (Å²) in [6.45, 7) is 1.92. The molecule has 0 radical (unpaired) electrons. The van der Waals surface area contributed by atoms with E-state index in [-0.39, 0.29) is 40.2 Å². The fourth-order valence-corrected chi connectivity index (χ4v) is 7.93. The molecule has 0 bridgehead atoms. The summed E-state index contributed by atoms with van der Waals surface area (Å²) in [5, 5.41) is 2.96. The van der Waals surface area contributed by atoms with Gasteiger partial charge >= 0.3 is 11.9 Å². The molecule has 4 heterocycles. The molecule has 0 amide bonds. The molecule has 6 rings (SSSR count). The maximum atomic E-state index is 15.1. The molecule has 40 heavy (non-hydrogen) atoms. The molecule has 0 saturated carbocycles. The van der Waals surface area contributed by atoms with Gasteiger partial charge in [0.1, 0.15) is 17.5 Å². The smallest absolute Gasteiger partial charge is 0.349 e. The van der Waals surface area contributed by atoms with Gasteiger partial charge in [-0.15, -0.1) is 11.8 Å². The number of anilines is 1. The van der Waals surface area contributed by atoms with Gasteiger partial charge in [0.05, 0.1) is 33.1 Å². The van der Waals surface area contributed by atoms with E-state index in [1.54, 1.807) is 10.6 Å². The van der Waals surface area contributed by atoms with Crippen molar-refractivity contribution in [1.29, 1.82) is 0 Å². The van der Waals surface area contributed by atoms with Crippen LogP contribution in [-0.2, 0) is 23.7 Å². The van der Waals surface area contributed by atoms with Crippen LogP contribution in [0.2, 0.25) is 5.02 Å². The summed E-state index contributed by atoms with van der Waals surface area (Å²) in [4.78, 5) is 19.6. The summed E-state index contributed by atoms with van der Waals surface area (Å²) in [7, 11) is -1.25. The number of nitrogens with one attached hydrogen (secondary N) is 1. The zero-order valence-corrected chi connectivity index (χ0v) is 23.4. The van der Waals surface area contributed by atoms with Gasteiger partial charge in [0, 0.05) is 72.5 Å². The van der Waals surface area contributed by atoms with Crippen LogP contribution < -0.4 is 15.9 Å². The highest BCUT2D eigenvalue weighted by Gasteiger charge is 2.43. The van der Waals surface area contributed by atoms with Crippen molar-refractivity contribution in [2.45, 2.75) is 36.1 Å². The number of rotatable bonds is 3. The van der Waals surface area contributed by atoms with Crippen molar-refractivity contribution in [2.24, 2.45) is 0 Å². The first-order valence-electron chi connectivity index (χ1n) is 12.5. The van der Waals surface area contributed by atoms with E-state index in [0.29, 0.717) is 44.4 Å². The second-order valence-electron chi connectivity index (χ2n) is 9.93. The van der Waals surface area contributed by atoms with Crippen LogP contribution in [0.25, 0.3) is 22.0 Å². The zero-order valence-electron chi connectivity index (χ0n) is 21.0. The van der Waals surface area contributed by atoms with Gasteiger partial charge in [0.15, 0.2) is 0 Å². The van der Waals surface area contributed by atoms with E-state index in [1.165, 1.54) is 4.57 Å². The van der Waals surface area contributed by atoms with Gasteiger partial charge in [-0.25, -0.2) is 22.1 Å². The Balaban J connectivity index is 1.67. The number of thioether (sulfide) groups is 1. The Hall–Kier alpha value is -2.26. The molecule has 1 aromatic heterocycles. The molecule has 214 valence electrons. The van der Waals surface area contributed by atoms with Crippen LogP contribution in [0.5, 0.6) is 0 Å². The van der Waals surface area contributed by atoms with Crippen molar-refractivity contribution in [3.8, 4) is 11.1 Å². The Morgan fingerprint density at radius 3 is 2.65 bits per heavy atom. The molecule has 3 aliphatic heterocycles. The first kappa shape index (κ1) is 27.9. The molecule has 1 N–H and O–H groups in total. The Labute approximate surface area is 237 Å². The number of hydrogen-bond acceptors (Lipinski definition) is 6. The second-order valence-corrected chi connectivity index (χ2v) is 12.8. The number of benzene rings is 2. The van der Waals surface area contributed by atoms with Crippen LogP contribution >= 0.6 is 23.4 Å². The number of piperazine rings is 1. The summed E-state index contributed by atoms with van der Waals surface area (Å²) in [5.41, 5.74) is -2.51. The van der Waals surface area contributed by atoms with Crippen molar-refractivity contribution in [1.82, 2.24) is 19.2 Å². The number of aryl methyl sites for hydroxylation is 1. The number of halogens is 6. The molecular weight excluding hydrogens is 597 g/mol. The largest absolute Gasteiger partial charge is 0.417 e. The van der Waals surface area contributed by atoms with Crippen molar-refractivity contribution in [3.05, 3.63) is 50.9 Å². The van der Waals surface area contributed by atoms with E-state index in [0.717, 1.165) is 23.9 Å². The van der Waals surface area contributed by atoms with E-state index < -0.39 is 56.2 Å². The average Bonchev–Trinajstić information content (AvgIpc) is 3.21. The van der Waals surface area contributed by atoms with Gasteiger partial charge in [-0.2, -0.15) is 18.2 Å². The molecule has 2 aromatic carbocycles. The zero-order chi connectivity index (χ0) is 28.5. The molecule has 2 unspecified atom stereocenters. The Kier molecular flexibility index (Phi) is 7.13. The van der Waals surface area contributed by atoms with E-state index in [2.05, 4.69) is 10.3 Å². The maximum absolute atomic E-state index is 15.1. The summed E-state index contributed by atoms with van der Waals surface area (Å²) < 4.78 is 88.6. The second kappa shape index (κ2) is 10.2. The van der Waals surface area contributed by atoms with Crippen molar-refractivity contribution in [3.63, 3.8) is 0 Å². The molecule has 3 atom stereocenters. The molecule has 3 aromatic rings. The average molecular weight is 620 g/mol. The van der Waals surface area contributed by atoms with Gasteiger partial charge in [-0.1, -0.05) is 11.6 Å². The minimum atomic E-state index is -4.92. The summed E-state index contributed by atoms with van der Waals surface area (Å²) in [5.74, 6) is -1.81. The van der Waals surface area contributed by atoms with Crippen LogP contribution in [0, 0.1) is 11.6 Å². The van der Waals surface area contributed by atoms with E-state index >= 15 is 4.39 Å². The van der Waals surface area contributed by atoms with E-state index in [1.807, 2.05) is 4.90 Å². The summed E-state index contributed by atoms with van der Waals surface area (Å²) >= 11 is 6.99. The molecular formula is C25H23ClF5N5O2S2. The Morgan fingerprint density at radius 1 is 1.15 bits per heavy atom. The highest BCUT2D eigenvalue weighted by Crippen LogP contribution is 2.49. The van der Waals surface area contributed by atoms with Crippen LogP contribution in [0.1, 0.15) is 12.0 Å². The highest BCUT2D eigenvalue weighted by atomic mass is 35.5. The molecule has 15 heteroatoms. The number of fused-ring (bicyclic) bond motifs is 1. The Bertz CT molecular complexity index is 1620. The number of alkyl halides is 3. The summed E-state index contributed by atoms with van der Waals surface area (Å²) in [6, 6.07) is 1.82. The third-order valence-corrected chi connectivity index (χ3v) is 10.1. The molecule has 0 aliphatic carbocycles. The van der Waals surface area contributed by atoms with Gasteiger partial charge < -0.3 is 10.2 Å². The lowest BCUT2D eigenvalue weighted by atomic mass is 9.95. The van der Waals surface area contributed by atoms with E-state index in [4.69, 9.17) is 11.6 Å². The first-order valence-corrected chi connectivity index (χ1v) is 15.4. The minimum absolute atomic E-state index is 0.0686. The highest BCUT2D eigenvalue weighted by molar-refractivity contribution is 7.99. The van der Waals surface area contributed by atoms with Crippen molar-refractivity contribution < 1.29 is 26.2 Å². The quantitative estimate of drug-likeness (QED) is 0.349. The fraction of sp³-hybridized carbons (Fsp3) is 0.440. The van der Waals surface area contributed by atoms with Gasteiger partial charge in [0.2, 0.25) is 0 Å². The monoisotopic (exact) mass is 619 g/mol. The van der Waals surface area contributed by atoms with Crippen LogP contribution in [0.4, 0.5) is 27.8 Å². The topological polar surface area (TPSA) is 70.5 Å². The lowest BCUT2D eigenvalue weighted by Gasteiger charge is -2.39. The van der Waals surface area contributed by atoms with Crippen molar-refractivity contribution in [2.75, 3.05) is 43.1 Å². The van der Waals surface area contributed by atoms with Gasteiger partial charge in [0.25, 0.3) is 0 Å². The SMILES string of the molecule is CS(=O)N1CC2NCCN(c3nc(=O)n4c5c(c(-c6cc(Cl)c(F)cc6F)c(C(F)(F)F)cc35)SCCC4)[C@@H]2C1. The fourth-order valence-electron chi connectivity index (χ4n) is 5.84. The Morgan fingerprint density at radius 2 is 1.93 bits per heavy atom. The van der Waals surface area contributed by atoms with Crippen LogP contribution in [0.15, 0.2) is 27.9 Å². The predicted octanol–water partition coefficient (Wildman–Crippen LogP) is 4.27. The normalized spacial score (nSPS) is 22.4. The van der Waals surface area contributed by atoms with Crippen LogP contribution in [-0.4, -0.2) is 68.3 Å². The van der Waals surface area contributed by atoms with E-state index in [9.17, 15) is 26.6 Å². The molecule has 7 nitrogen and oxygen atoms in total. The number of aromatic nitrogens is 2. The first-order chi connectivity index (χ1) is 19.0. The third-order valence-electron chi connectivity index (χ3n) is 7.61. The lowest BCUT2D eigenvalue weighted by molar-refractivity contribution is -0.137. The standard InChI is InChI=1S/C25H23ClF5N5O2S2/c1-40(38)34-10-18-19(11-34)35(5-3-32-18)23-13-7-14(25(29,30)31)20(12-8-15(26)17(28)9-16(12)27)22-21(13)36(24(37)33-23)4-2-6-39-22/h7-9,18-19,32H,2-6,10-11H2,1H3/t18?,19-,40?/m1/s1. The van der Waals surface area contributed by atoms with Crippen molar-refractivity contribution >= 4 is 51.1 Å². The predicted molar refractivity (Wildman–Crippen MR) is 145 cm³/mol. The number of hydrogen-bond donors (Lipinski definition) is 1. The van der Waals surface area contributed by atoms with Crippen LogP contribution in [0.3, 0.4) is 0 Å². The van der Waals surface area contributed by atoms with Gasteiger partial charge in [-0.05, 0) is 24.3 Å². The molecule has 2 fully saturated rings. The summed E-state index contributed by atoms with van der Waals surface area (Å²) in [6.07, 6.45) is -2.89. The number of nitrogens with zero attached hydrogens (tertiary/aromatic N) is 4. The molecule has 2 saturated heterocycles. The maximum Gasteiger partial charge on any atom is 0.417 e. The third kappa shape index (κ3) is 4.61. The minimum Gasteiger partial charge on any atom is -0.349 e.